The lowest BCUT2D eigenvalue weighted by atomic mass is 10.4. The Kier molecular flexibility index (Phi) is 2.26. The van der Waals surface area contributed by atoms with Crippen LogP contribution in [0, 0.1) is 6.92 Å². The Bertz CT molecular complexity index is 82.1. The molecule has 0 unspecified atom stereocenters. The van der Waals surface area contributed by atoms with Crippen molar-refractivity contribution in [2.45, 2.75) is 6.92 Å². The van der Waals surface area contributed by atoms with Gasteiger partial charge in [0.05, 0.1) is 0 Å². The van der Waals surface area contributed by atoms with Gasteiger partial charge in [-0.25, -0.2) is 0 Å². The minimum absolute atomic E-state index is 0.734. The van der Waals surface area contributed by atoms with Gasteiger partial charge in [-0.05, 0) is 19.4 Å². The first kappa shape index (κ1) is 5.32. The van der Waals surface area contributed by atoms with E-state index in [1.165, 1.54) is 0 Å². The zero-order chi connectivity index (χ0) is 4.99. The molecule has 6 heavy (non-hydrogen) atoms. The Balaban J connectivity index is 3.73. The molecule has 1 nitrogen and oxygen atoms in total. The highest BCUT2D eigenvalue weighted by Gasteiger charge is 1.61. The van der Waals surface area contributed by atoms with Gasteiger partial charge in [0.15, 0.2) is 0 Å². The Labute approximate surface area is 37.6 Å². The highest BCUT2D eigenvalue weighted by Crippen LogP contribution is 1.78. The van der Waals surface area contributed by atoms with Crippen LogP contribution in [0.5, 0.6) is 0 Å². The molecule has 0 aromatic carbocycles. The van der Waals surface area contributed by atoms with Gasteiger partial charge >= 0.3 is 0 Å². The predicted octanol–water partition coefficient (Wildman–Crippen LogP) is 1.44. The van der Waals surface area contributed by atoms with Crippen LogP contribution in [-0.2, 0) is 0 Å². The molecule has 1 radical (unpaired) electrons. The molecule has 0 aromatic heterocycles. The van der Waals surface area contributed by atoms with E-state index in [1.807, 2.05) is 0 Å². The third-order valence-corrected chi connectivity index (χ3v) is 0.311. The fourth-order valence-corrected chi connectivity index (χ4v) is 0.110. The summed E-state index contributed by atoms with van der Waals surface area (Å²) in [4.78, 5) is 0. The molecule has 0 atom stereocenters. The molecule has 0 amide bonds. The average molecular weight is 83.1 g/mol. The molecule has 0 rings (SSSR count). The first-order chi connectivity index (χ1) is 2.77. The molecule has 1 heteroatoms. The van der Waals surface area contributed by atoms with Gasteiger partial charge < -0.3 is 5.11 Å². The molecule has 33 valence electrons. The van der Waals surface area contributed by atoms with Crippen molar-refractivity contribution in [2.24, 2.45) is 0 Å². The Hall–Kier alpha value is -0.680. The number of aliphatic hydroxyl groups is 1. The van der Waals surface area contributed by atoms with Crippen LogP contribution >= 0.6 is 0 Å². The summed E-state index contributed by atoms with van der Waals surface area (Å²) in [6.07, 6.45) is 0.850. The van der Waals surface area contributed by atoms with Gasteiger partial charge in [-0.1, -0.05) is 5.73 Å². The molecule has 0 saturated heterocycles. The van der Waals surface area contributed by atoms with Crippen LogP contribution in [0.3, 0.4) is 0 Å². The van der Waals surface area contributed by atoms with Crippen LogP contribution in [-0.4, -0.2) is 5.11 Å². The number of aliphatic hydroxyl groups excluding tert-OH is 1. The van der Waals surface area contributed by atoms with Crippen molar-refractivity contribution in [3.8, 4) is 0 Å². The van der Waals surface area contributed by atoms with Crippen LogP contribution in [0.2, 0.25) is 0 Å². The van der Waals surface area contributed by atoms with E-state index in [0.29, 0.717) is 0 Å². The molecule has 1 N–H and O–H groups in total. The van der Waals surface area contributed by atoms with Crippen LogP contribution < -0.4 is 0 Å². The van der Waals surface area contributed by atoms with Gasteiger partial charge in [-0.3, -0.25) is 0 Å². The van der Waals surface area contributed by atoms with Gasteiger partial charge in [0, 0.05) is 0 Å². The number of allylic oxidation sites excluding steroid dienone is 1. The van der Waals surface area contributed by atoms with E-state index in [0.717, 1.165) is 11.8 Å². The molecule has 0 fully saturated rings. The fourth-order valence-electron chi connectivity index (χ4n) is 0.110. The Morgan fingerprint density at radius 3 is 2.50 bits per heavy atom. The summed E-state index contributed by atoms with van der Waals surface area (Å²) < 4.78 is 0. The third-order valence-electron chi connectivity index (χ3n) is 0.311. The van der Waals surface area contributed by atoms with Crippen LogP contribution in [0.15, 0.2) is 17.6 Å². The maximum Gasteiger partial charge on any atom is 0.121 e. The summed E-state index contributed by atoms with van der Waals surface area (Å²) in [5.41, 5.74) is 3.18. The second-order valence-electron chi connectivity index (χ2n) is 1.05. The van der Waals surface area contributed by atoms with Gasteiger partial charge in [0.25, 0.3) is 0 Å². The van der Waals surface area contributed by atoms with E-state index in [4.69, 9.17) is 5.11 Å². The molecule has 0 aliphatic heterocycles. The van der Waals surface area contributed by atoms with E-state index in [9.17, 15) is 0 Å². The molecular formula is C5H7O. The minimum atomic E-state index is 0.734. The topological polar surface area (TPSA) is 20.2 Å². The maximum absolute atomic E-state index is 7.94. The van der Waals surface area contributed by atoms with Crippen molar-refractivity contribution >= 4 is 0 Å². The van der Waals surface area contributed by atoms with Crippen molar-refractivity contribution in [3.63, 3.8) is 0 Å². The number of hydrogen-bond donors (Lipinski definition) is 1. The summed E-state index contributed by atoms with van der Waals surface area (Å²) in [5.74, 6) is 0. The van der Waals surface area contributed by atoms with E-state index >= 15 is 0 Å². The smallest absolute Gasteiger partial charge is 0.121 e. The average Bonchev–Trinajstić information content (AvgIpc) is 1.35. The third kappa shape index (κ3) is 3.32. The molecule has 0 bridgehead atoms. The largest absolute Gasteiger partial charge is 0.507 e. The van der Waals surface area contributed by atoms with E-state index < -0.39 is 0 Å². The van der Waals surface area contributed by atoms with E-state index in [-0.39, 0.29) is 0 Å². The summed E-state index contributed by atoms with van der Waals surface area (Å²) in [6, 6.07) is 0. The lowest BCUT2D eigenvalue weighted by Crippen LogP contribution is -1.52. The molecule has 0 aromatic rings. The highest BCUT2D eigenvalue weighted by atomic mass is 16.2. The zero-order valence-electron chi connectivity index (χ0n) is 3.73. The second kappa shape index (κ2) is 2.55. The van der Waals surface area contributed by atoms with Gasteiger partial charge in [-0.15, -0.1) is 0 Å². The first-order valence-electron chi connectivity index (χ1n) is 1.65. The van der Waals surface area contributed by atoms with E-state index in [2.05, 4.69) is 12.7 Å². The summed E-state index contributed by atoms with van der Waals surface area (Å²) in [6.45, 7) is 5.20. The quantitative estimate of drug-likeness (QED) is 0.347. The van der Waals surface area contributed by atoms with Crippen molar-refractivity contribution in [3.05, 3.63) is 24.5 Å². The lowest BCUT2D eigenvalue weighted by Gasteiger charge is -1.69. The van der Waals surface area contributed by atoms with Crippen LogP contribution in [0.1, 0.15) is 6.92 Å². The number of hydrogen-bond acceptors (Lipinski definition) is 1. The molecule has 0 heterocycles. The zero-order valence-corrected chi connectivity index (χ0v) is 3.73. The van der Waals surface area contributed by atoms with Gasteiger partial charge in [-0.2, -0.15) is 0 Å². The summed E-state index contributed by atoms with van der Waals surface area (Å²) in [7, 11) is 0. The summed E-state index contributed by atoms with van der Waals surface area (Å²) >= 11 is 0. The molecule has 0 aliphatic rings. The highest BCUT2D eigenvalue weighted by molar-refractivity contribution is 4.97. The van der Waals surface area contributed by atoms with Crippen molar-refractivity contribution in [1.82, 2.24) is 0 Å². The molecular weight excluding hydrogens is 76.1 g/mol. The lowest BCUT2D eigenvalue weighted by molar-refractivity contribution is 0.474. The standard InChI is InChI=1S/C5H7O/c1-5(2)3-4-6/h4,6H,1H2,2H3. The van der Waals surface area contributed by atoms with Crippen molar-refractivity contribution < 1.29 is 5.11 Å². The van der Waals surface area contributed by atoms with Crippen molar-refractivity contribution in [2.75, 3.05) is 0 Å². The maximum atomic E-state index is 7.94. The second-order valence-corrected chi connectivity index (χ2v) is 1.05. The molecule has 0 aliphatic carbocycles. The Morgan fingerprint density at radius 1 is 2.00 bits per heavy atom. The monoisotopic (exact) mass is 83.0 g/mol. The minimum Gasteiger partial charge on any atom is -0.507 e. The predicted molar refractivity (Wildman–Crippen MR) is 25.3 cm³/mol. The molecule has 0 spiro atoms. The van der Waals surface area contributed by atoms with Crippen LogP contribution in [0.25, 0.3) is 0 Å². The van der Waals surface area contributed by atoms with Gasteiger partial charge in [0.2, 0.25) is 0 Å². The first-order valence-corrected chi connectivity index (χ1v) is 1.65. The normalized spacial score (nSPS) is 6.33. The van der Waals surface area contributed by atoms with Crippen molar-refractivity contribution in [1.29, 1.82) is 0 Å². The number of rotatable bonds is 0. The van der Waals surface area contributed by atoms with Gasteiger partial charge in [0.1, 0.15) is 6.26 Å². The Morgan fingerprint density at radius 2 is 2.50 bits per heavy atom. The fraction of sp³-hybridized carbons (Fsp3) is 0.200. The van der Waals surface area contributed by atoms with Crippen LogP contribution in [0.4, 0.5) is 0 Å². The summed E-state index contributed by atoms with van der Waals surface area (Å²) in [5, 5.41) is 7.94. The van der Waals surface area contributed by atoms with E-state index in [1.54, 1.807) is 6.92 Å². The SMILES string of the molecule is [CH2]C(C)=C=CO. The molecule has 0 saturated carbocycles.